The molecule has 1 N–H and O–H groups in total. The summed E-state index contributed by atoms with van der Waals surface area (Å²) in [5, 5.41) is 9.03. The van der Waals surface area contributed by atoms with Gasteiger partial charge in [0.05, 0.1) is 12.0 Å². The van der Waals surface area contributed by atoms with E-state index in [1.54, 1.807) is 11.8 Å². The standard InChI is InChI=1S/C13H19NO2S/c1-13(14(2)3,9-12(15)16)10-5-7-11(17-4)8-6-10/h5-8H,9H2,1-4H3,(H,15,16). The Balaban J connectivity index is 3.08. The summed E-state index contributed by atoms with van der Waals surface area (Å²) >= 11 is 1.68. The molecule has 0 aliphatic heterocycles. The number of carboxylic acid groups (broad SMARTS) is 1. The highest BCUT2D eigenvalue weighted by Crippen LogP contribution is 2.31. The first-order valence-electron chi connectivity index (χ1n) is 5.44. The van der Waals surface area contributed by atoms with E-state index in [0.29, 0.717) is 0 Å². The fourth-order valence-electron chi connectivity index (χ4n) is 1.76. The van der Waals surface area contributed by atoms with E-state index in [9.17, 15) is 4.79 Å². The van der Waals surface area contributed by atoms with Gasteiger partial charge in [0.2, 0.25) is 0 Å². The van der Waals surface area contributed by atoms with Gasteiger partial charge < -0.3 is 5.11 Å². The van der Waals surface area contributed by atoms with Crippen molar-refractivity contribution in [2.45, 2.75) is 23.8 Å². The summed E-state index contributed by atoms with van der Waals surface area (Å²) in [6, 6.07) is 8.08. The minimum Gasteiger partial charge on any atom is -0.481 e. The molecular weight excluding hydrogens is 234 g/mol. The fourth-order valence-corrected chi connectivity index (χ4v) is 2.17. The first-order valence-corrected chi connectivity index (χ1v) is 6.66. The van der Waals surface area contributed by atoms with Gasteiger partial charge in [0.15, 0.2) is 0 Å². The zero-order valence-electron chi connectivity index (χ0n) is 10.7. The van der Waals surface area contributed by atoms with E-state index < -0.39 is 11.5 Å². The monoisotopic (exact) mass is 253 g/mol. The minimum absolute atomic E-state index is 0.0958. The lowest BCUT2D eigenvalue weighted by atomic mass is 9.87. The third kappa shape index (κ3) is 3.23. The lowest BCUT2D eigenvalue weighted by Gasteiger charge is -2.35. The van der Waals surface area contributed by atoms with Crippen molar-refractivity contribution in [2.24, 2.45) is 0 Å². The van der Waals surface area contributed by atoms with Crippen LogP contribution < -0.4 is 0 Å². The molecule has 0 heterocycles. The third-order valence-corrected chi connectivity index (χ3v) is 3.94. The van der Waals surface area contributed by atoms with Crippen molar-refractivity contribution in [1.82, 2.24) is 4.90 Å². The average molecular weight is 253 g/mol. The summed E-state index contributed by atoms with van der Waals surface area (Å²) in [7, 11) is 3.82. The largest absolute Gasteiger partial charge is 0.481 e. The molecule has 0 aromatic heterocycles. The molecule has 0 amide bonds. The normalized spacial score (nSPS) is 14.6. The molecule has 0 saturated heterocycles. The molecule has 1 unspecified atom stereocenters. The third-order valence-electron chi connectivity index (χ3n) is 3.19. The number of hydrogen-bond acceptors (Lipinski definition) is 3. The maximum absolute atomic E-state index is 11.0. The highest BCUT2D eigenvalue weighted by atomic mass is 32.2. The molecule has 0 aliphatic rings. The smallest absolute Gasteiger partial charge is 0.305 e. The number of nitrogens with zero attached hydrogens (tertiary/aromatic N) is 1. The molecule has 3 nitrogen and oxygen atoms in total. The molecule has 1 aromatic rings. The quantitative estimate of drug-likeness (QED) is 0.819. The van der Waals surface area contributed by atoms with Gasteiger partial charge in [-0.2, -0.15) is 0 Å². The van der Waals surface area contributed by atoms with Crippen LogP contribution in [0.4, 0.5) is 0 Å². The second-order valence-electron chi connectivity index (χ2n) is 4.47. The van der Waals surface area contributed by atoms with Crippen LogP contribution in [0.1, 0.15) is 18.9 Å². The number of benzene rings is 1. The van der Waals surface area contributed by atoms with Gasteiger partial charge in [-0.15, -0.1) is 11.8 Å². The van der Waals surface area contributed by atoms with Crippen LogP contribution in [-0.4, -0.2) is 36.3 Å². The number of hydrogen-bond donors (Lipinski definition) is 1. The van der Waals surface area contributed by atoms with Crippen molar-refractivity contribution in [3.63, 3.8) is 0 Å². The number of aliphatic carboxylic acids is 1. The minimum atomic E-state index is -0.782. The summed E-state index contributed by atoms with van der Waals surface area (Å²) < 4.78 is 0. The van der Waals surface area contributed by atoms with Crippen molar-refractivity contribution < 1.29 is 9.90 Å². The number of thioether (sulfide) groups is 1. The zero-order chi connectivity index (χ0) is 13.1. The summed E-state index contributed by atoms with van der Waals surface area (Å²) in [5.41, 5.74) is 0.561. The summed E-state index contributed by atoms with van der Waals surface area (Å²) in [6.45, 7) is 1.95. The summed E-state index contributed by atoms with van der Waals surface area (Å²) in [6.07, 6.45) is 2.12. The SMILES string of the molecule is CSc1ccc(C(C)(CC(=O)O)N(C)C)cc1. The van der Waals surface area contributed by atoms with Gasteiger partial charge >= 0.3 is 5.97 Å². The first-order chi connectivity index (χ1) is 7.90. The molecule has 0 radical (unpaired) electrons. The molecule has 17 heavy (non-hydrogen) atoms. The van der Waals surface area contributed by atoms with E-state index in [1.807, 2.05) is 56.4 Å². The number of rotatable bonds is 5. The molecule has 4 heteroatoms. The van der Waals surface area contributed by atoms with Crippen LogP contribution in [-0.2, 0) is 10.3 Å². The molecule has 94 valence electrons. The second-order valence-corrected chi connectivity index (χ2v) is 5.35. The fraction of sp³-hybridized carbons (Fsp3) is 0.462. The maximum Gasteiger partial charge on any atom is 0.305 e. The molecule has 0 spiro atoms. The Morgan fingerprint density at radius 2 is 1.88 bits per heavy atom. The van der Waals surface area contributed by atoms with Crippen LogP contribution in [0.3, 0.4) is 0 Å². The predicted octanol–water partition coefficient (Wildman–Crippen LogP) is 2.66. The number of carboxylic acids is 1. The van der Waals surface area contributed by atoms with Gasteiger partial charge in [-0.3, -0.25) is 9.69 Å². The summed E-state index contributed by atoms with van der Waals surface area (Å²) in [4.78, 5) is 14.1. The van der Waals surface area contributed by atoms with Crippen LogP contribution in [0.2, 0.25) is 0 Å². The van der Waals surface area contributed by atoms with Gasteiger partial charge in [-0.1, -0.05) is 12.1 Å². The van der Waals surface area contributed by atoms with Crippen LogP contribution in [0.25, 0.3) is 0 Å². The average Bonchev–Trinajstić information content (AvgIpc) is 2.28. The number of carbonyl (C=O) groups is 1. The maximum atomic E-state index is 11.0. The zero-order valence-corrected chi connectivity index (χ0v) is 11.5. The highest BCUT2D eigenvalue weighted by Gasteiger charge is 2.31. The predicted molar refractivity (Wildman–Crippen MR) is 71.5 cm³/mol. The Labute approximate surface area is 107 Å². The van der Waals surface area contributed by atoms with Crippen LogP contribution in [0, 0.1) is 0 Å². The van der Waals surface area contributed by atoms with Crippen LogP contribution >= 0.6 is 11.8 Å². The van der Waals surface area contributed by atoms with Crippen molar-refractivity contribution in [3.05, 3.63) is 29.8 Å². The van der Waals surface area contributed by atoms with Crippen molar-refractivity contribution >= 4 is 17.7 Å². The topological polar surface area (TPSA) is 40.5 Å². The van der Waals surface area contributed by atoms with E-state index in [0.717, 1.165) is 5.56 Å². The van der Waals surface area contributed by atoms with Crippen molar-refractivity contribution in [3.8, 4) is 0 Å². The van der Waals surface area contributed by atoms with Gasteiger partial charge in [-0.05, 0) is 45.0 Å². The molecule has 0 saturated carbocycles. The van der Waals surface area contributed by atoms with E-state index in [2.05, 4.69) is 0 Å². The molecule has 0 fully saturated rings. The van der Waals surface area contributed by atoms with Gasteiger partial charge in [0, 0.05) is 4.90 Å². The Morgan fingerprint density at radius 1 is 1.35 bits per heavy atom. The Kier molecular flexibility index (Phi) is 4.60. The highest BCUT2D eigenvalue weighted by molar-refractivity contribution is 7.98. The molecule has 1 rings (SSSR count). The first kappa shape index (κ1) is 14.1. The summed E-state index contributed by atoms with van der Waals surface area (Å²) in [5.74, 6) is -0.782. The van der Waals surface area contributed by atoms with Crippen LogP contribution in [0.15, 0.2) is 29.2 Å². The van der Waals surface area contributed by atoms with E-state index in [4.69, 9.17) is 5.11 Å². The Hall–Kier alpha value is -1.00. The van der Waals surface area contributed by atoms with E-state index in [-0.39, 0.29) is 6.42 Å². The molecule has 0 aliphatic carbocycles. The Morgan fingerprint density at radius 3 is 2.24 bits per heavy atom. The van der Waals surface area contributed by atoms with E-state index >= 15 is 0 Å². The lowest BCUT2D eigenvalue weighted by molar-refractivity contribution is -0.140. The van der Waals surface area contributed by atoms with Crippen molar-refractivity contribution in [2.75, 3.05) is 20.4 Å². The molecule has 1 aromatic carbocycles. The van der Waals surface area contributed by atoms with Gasteiger partial charge in [-0.25, -0.2) is 0 Å². The lowest BCUT2D eigenvalue weighted by Crippen LogP contribution is -2.40. The second kappa shape index (κ2) is 5.56. The van der Waals surface area contributed by atoms with Crippen molar-refractivity contribution in [1.29, 1.82) is 0 Å². The van der Waals surface area contributed by atoms with Gasteiger partial charge in [0.1, 0.15) is 0 Å². The van der Waals surface area contributed by atoms with Gasteiger partial charge in [0.25, 0.3) is 0 Å². The molecule has 0 bridgehead atoms. The Bertz CT molecular complexity index is 389. The van der Waals surface area contributed by atoms with E-state index in [1.165, 1.54) is 4.90 Å². The molecule has 1 atom stereocenters. The van der Waals surface area contributed by atoms with Crippen LogP contribution in [0.5, 0.6) is 0 Å². The molecular formula is C13H19NO2S.